The summed E-state index contributed by atoms with van der Waals surface area (Å²) >= 11 is 10.9. The molecule has 0 aliphatic rings. The van der Waals surface area contributed by atoms with Crippen molar-refractivity contribution < 1.29 is 4.79 Å². The predicted molar refractivity (Wildman–Crippen MR) is 84.1 cm³/mol. The number of hydrogen-bond donors (Lipinski definition) is 1. The number of carbonyl (C=O) groups excluding carboxylic acids is 1. The van der Waals surface area contributed by atoms with Crippen LogP contribution >= 0.6 is 38.9 Å². The SMILES string of the molecule is CC(Cc1ccsc1)NC(=O)c1ccc(Cl)cc1Br. The van der Waals surface area contributed by atoms with Gasteiger partial charge in [-0.2, -0.15) is 11.3 Å². The standard InChI is InChI=1S/C14H13BrClNOS/c1-9(6-10-4-5-19-8-10)17-14(18)12-3-2-11(16)7-13(12)15/h2-5,7-9H,6H2,1H3,(H,17,18). The number of carbonyl (C=O) groups is 1. The maximum atomic E-state index is 12.1. The van der Waals surface area contributed by atoms with E-state index in [0.29, 0.717) is 15.1 Å². The van der Waals surface area contributed by atoms with Crippen LogP contribution in [0.25, 0.3) is 0 Å². The summed E-state index contributed by atoms with van der Waals surface area (Å²) < 4.78 is 0.709. The monoisotopic (exact) mass is 357 g/mol. The Kier molecular flexibility index (Phi) is 5.02. The summed E-state index contributed by atoms with van der Waals surface area (Å²) in [6.45, 7) is 2.00. The topological polar surface area (TPSA) is 29.1 Å². The molecule has 0 aliphatic heterocycles. The third-order valence-electron chi connectivity index (χ3n) is 2.68. The van der Waals surface area contributed by atoms with Gasteiger partial charge in [0.1, 0.15) is 0 Å². The third-order valence-corrected chi connectivity index (χ3v) is 4.30. The molecule has 0 spiro atoms. The van der Waals surface area contributed by atoms with Gasteiger partial charge in [0.25, 0.3) is 5.91 Å². The van der Waals surface area contributed by atoms with Crippen LogP contribution in [0.5, 0.6) is 0 Å². The predicted octanol–water partition coefficient (Wildman–Crippen LogP) is 4.53. The normalized spacial score (nSPS) is 12.2. The Morgan fingerprint density at radius 3 is 2.89 bits per heavy atom. The van der Waals surface area contributed by atoms with Gasteiger partial charge in [-0.15, -0.1) is 0 Å². The average Bonchev–Trinajstić information content (AvgIpc) is 2.81. The van der Waals surface area contributed by atoms with Gasteiger partial charge in [-0.25, -0.2) is 0 Å². The van der Waals surface area contributed by atoms with Crippen LogP contribution in [0.15, 0.2) is 39.5 Å². The lowest BCUT2D eigenvalue weighted by Gasteiger charge is -2.14. The van der Waals surface area contributed by atoms with Gasteiger partial charge in [-0.05, 0) is 69.9 Å². The van der Waals surface area contributed by atoms with Gasteiger partial charge in [0.2, 0.25) is 0 Å². The largest absolute Gasteiger partial charge is 0.349 e. The summed E-state index contributed by atoms with van der Waals surface area (Å²) in [7, 11) is 0. The lowest BCUT2D eigenvalue weighted by Crippen LogP contribution is -2.34. The van der Waals surface area contributed by atoms with Gasteiger partial charge in [0, 0.05) is 15.5 Å². The van der Waals surface area contributed by atoms with Gasteiger partial charge in [-0.3, -0.25) is 4.79 Å². The molecule has 1 unspecified atom stereocenters. The number of thiophene rings is 1. The Morgan fingerprint density at radius 2 is 2.26 bits per heavy atom. The van der Waals surface area contributed by atoms with E-state index in [2.05, 4.69) is 32.7 Å². The first-order valence-electron chi connectivity index (χ1n) is 5.83. The van der Waals surface area contributed by atoms with Gasteiger partial charge in [0.15, 0.2) is 0 Å². The summed E-state index contributed by atoms with van der Waals surface area (Å²) in [6.07, 6.45) is 0.834. The van der Waals surface area contributed by atoms with E-state index in [1.807, 2.05) is 12.3 Å². The first-order chi connectivity index (χ1) is 9.06. The molecule has 0 fully saturated rings. The molecule has 0 bridgehead atoms. The smallest absolute Gasteiger partial charge is 0.252 e. The average molecular weight is 359 g/mol. The van der Waals surface area contributed by atoms with E-state index in [1.54, 1.807) is 29.5 Å². The Hall–Kier alpha value is -0.840. The molecule has 2 nitrogen and oxygen atoms in total. The number of hydrogen-bond acceptors (Lipinski definition) is 2. The fraction of sp³-hybridized carbons (Fsp3) is 0.214. The van der Waals surface area contributed by atoms with Crippen LogP contribution in [0.3, 0.4) is 0 Å². The fourth-order valence-corrected chi connectivity index (χ4v) is 3.33. The highest BCUT2D eigenvalue weighted by Gasteiger charge is 2.13. The van der Waals surface area contributed by atoms with Crippen molar-refractivity contribution in [3.63, 3.8) is 0 Å². The molecule has 0 saturated heterocycles. The molecular formula is C14H13BrClNOS. The third kappa shape index (κ3) is 4.06. The molecule has 0 saturated carbocycles. The number of amides is 1. The molecule has 1 atom stereocenters. The second-order valence-corrected chi connectivity index (χ2v) is 6.41. The number of rotatable bonds is 4. The molecule has 1 amide bonds. The molecule has 5 heteroatoms. The highest BCUT2D eigenvalue weighted by atomic mass is 79.9. The zero-order valence-corrected chi connectivity index (χ0v) is 13.5. The number of halogens is 2. The molecule has 1 heterocycles. The molecule has 0 aliphatic carbocycles. The van der Waals surface area contributed by atoms with Crippen molar-refractivity contribution in [3.8, 4) is 0 Å². The lowest BCUT2D eigenvalue weighted by atomic mass is 10.1. The molecule has 1 aromatic heterocycles. The Balaban J connectivity index is 2.00. The van der Waals surface area contributed by atoms with Crippen molar-refractivity contribution in [1.29, 1.82) is 0 Å². The second kappa shape index (κ2) is 6.55. The van der Waals surface area contributed by atoms with E-state index in [4.69, 9.17) is 11.6 Å². The van der Waals surface area contributed by atoms with Crippen molar-refractivity contribution in [1.82, 2.24) is 5.32 Å². The minimum Gasteiger partial charge on any atom is -0.349 e. The summed E-state index contributed by atoms with van der Waals surface area (Å²) in [4.78, 5) is 12.1. The van der Waals surface area contributed by atoms with E-state index >= 15 is 0 Å². The molecule has 2 aromatic rings. The molecular weight excluding hydrogens is 346 g/mol. The quantitative estimate of drug-likeness (QED) is 0.855. The van der Waals surface area contributed by atoms with Crippen molar-refractivity contribution >= 4 is 44.8 Å². The highest BCUT2D eigenvalue weighted by Crippen LogP contribution is 2.21. The van der Waals surface area contributed by atoms with Crippen molar-refractivity contribution in [2.75, 3.05) is 0 Å². The zero-order valence-electron chi connectivity index (χ0n) is 10.3. The minimum atomic E-state index is -0.0914. The first kappa shape index (κ1) is 14.6. The summed E-state index contributed by atoms with van der Waals surface area (Å²) in [5.41, 5.74) is 1.84. The van der Waals surface area contributed by atoms with Crippen LogP contribution in [-0.4, -0.2) is 11.9 Å². The summed E-state index contributed by atoms with van der Waals surface area (Å²) in [5.74, 6) is -0.0914. The van der Waals surface area contributed by atoms with Crippen LogP contribution in [0.1, 0.15) is 22.8 Å². The van der Waals surface area contributed by atoms with E-state index in [9.17, 15) is 4.79 Å². The number of benzene rings is 1. The minimum absolute atomic E-state index is 0.0877. The zero-order chi connectivity index (χ0) is 13.8. The maximum Gasteiger partial charge on any atom is 0.252 e. The fourth-order valence-electron chi connectivity index (χ4n) is 1.79. The van der Waals surface area contributed by atoms with Gasteiger partial charge in [0.05, 0.1) is 5.56 Å². The highest BCUT2D eigenvalue weighted by molar-refractivity contribution is 9.10. The van der Waals surface area contributed by atoms with Crippen LogP contribution < -0.4 is 5.32 Å². The molecule has 2 rings (SSSR count). The van der Waals surface area contributed by atoms with Crippen molar-refractivity contribution in [3.05, 3.63) is 55.6 Å². The van der Waals surface area contributed by atoms with Crippen molar-refractivity contribution in [2.24, 2.45) is 0 Å². The summed E-state index contributed by atoms with van der Waals surface area (Å²) in [5, 5.41) is 7.73. The van der Waals surface area contributed by atoms with E-state index in [0.717, 1.165) is 6.42 Å². The van der Waals surface area contributed by atoms with Gasteiger partial charge in [-0.1, -0.05) is 11.6 Å². The van der Waals surface area contributed by atoms with Crippen LogP contribution in [0.2, 0.25) is 5.02 Å². The molecule has 19 heavy (non-hydrogen) atoms. The first-order valence-corrected chi connectivity index (χ1v) is 7.94. The molecule has 1 aromatic carbocycles. The van der Waals surface area contributed by atoms with Crippen LogP contribution in [0.4, 0.5) is 0 Å². The van der Waals surface area contributed by atoms with Crippen molar-refractivity contribution in [2.45, 2.75) is 19.4 Å². The van der Waals surface area contributed by atoms with Crippen LogP contribution in [-0.2, 0) is 6.42 Å². The Bertz CT molecular complexity index is 571. The molecule has 0 radical (unpaired) electrons. The Morgan fingerprint density at radius 1 is 1.47 bits per heavy atom. The van der Waals surface area contributed by atoms with E-state index in [1.165, 1.54) is 5.56 Å². The Labute approximate surface area is 129 Å². The van der Waals surface area contributed by atoms with Gasteiger partial charge >= 0.3 is 0 Å². The van der Waals surface area contributed by atoms with E-state index < -0.39 is 0 Å². The molecule has 100 valence electrons. The second-order valence-electron chi connectivity index (χ2n) is 4.33. The lowest BCUT2D eigenvalue weighted by molar-refractivity contribution is 0.0939. The molecule has 1 N–H and O–H groups in total. The van der Waals surface area contributed by atoms with E-state index in [-0.39, 0.29) is 11.9 Å². The number of nitrogens with one attached hydrogen (secondary N) is 1. The van der Waals surface area contributed by atoms with Gasteiger partial charge < -0.3 is 5.32 Å². The van der Waals surface area contributed by atoms with Crippen LogP contribution in [0, 0.1) is 0 Å². The summed E-state index contributed by atoms with van der Waals surface area (Å²) in [6, 6.07) is 7.32. The maximum absolute atomic E-state index is 12.1.